The van der Waals surface area contributed by atoms with E-state index in [2.05, 4.69) is 10.2 Å². The largest absolute Gasteiger partial charge is 0.501 e. The lowest BCUT2D eigenvalue weighted by molar-refractivity contribution is -0.0435. The average Bonchev–Trinajstić information content (AvgIpc) is 2.88. The topological polar surface area (TPSA) is 150 Å². The fourth-order valence-corrected chi connectivity index (χ4v) is 7.18. The molecule has 0 spiro atoms. The molecule has 4 N–H and O–H groups in total. The Kier molecular flexibility index (Phi) is 10.5. The zero-order valence-corrected chi connectivity index (χ0v) is 25.8. The zero-order valence-electron chi connectivity index (χ0n) is 23.3. The lowest BCUT2D eigenvalue weighted by atomic mass is 9.84. The number of hydrogen-bond donors (Lipinski definition) is 3. The summed E-state index contributed by atoms with van der Waals surface area (Å²) in [4.78, 5) is 14.2. The molecule has 3 rings (SSSR count). The molecule has 2 unspecified atom stereocenters. The zero-order chi connectivity index (χ0) is 31.5. The van der Waals surface area contributed by atoms with Crippen LogP contribution < -0.4 is 10.5 Å². The van der Waals surface area contributed by atoms with Gasteiger partial charge in [-0.3, -0.25) is 4.90 Å². The number of anilines is 1. The van der Waals surface area contributed by atoms with Gasteiger partial charge in [-0.25, -0.2) is 26.8 Å². The maximum absolute atomic E-state index is 13.6. The van der Waals surface area contributed by atoms with Gasteiger partial charge in [0.25, 0.3) is 9.84 Å². The van der Waals surface area contributed by atoms with Crippen molar-refractivity contribution in [3.05, 3.63) is 48.5 Å². The molecule has 2 atom stereocenters. The number of carboxylic acid groups (broad SMARTS) is 1. The molecule has 0 bridgehead atoms. The molecular weight excluding hydrogens is 618 g/mol. The molecule has 16 heteroatoms. The quantitative estimate of drug-likeness (QED) is 0.319. The SMILES string of the molecule is CC(C)(C)C1CN(CCC(CSc2ccccc2)Nc2ccc(S(N)(=O)=O)cc2S(=O)(=O)C(F)(F)F)CCN1C(=O)O. The monoisotopic (exact) mass is 652 g/mol. The molecule has 0 aliphatic carbocycles. The van der Waals surface area contributed by atoms with Crippen LogP contribution in [0.2, 0.25) is 0 Å². The summed E-state index contributed by atoms with van der Waals surface area (Å²) >= 11 is 1.42. The van der Waals surface area contributed by atoms with E-state index >= 15 is 0 Å². The van der Waals surface area contributed by atoms with Crippen molar-refractivity contribution >= 4 is 43.4 Å². The Morgan fingerprint density at radius 2 is 1.74 bits per heavy atom. The van der Waals surface area contributed by atoms with Crippen LogP contribution >= 0.6 is 11.8 Å². The first kappa shape index (κ1) is 34.0. The van der Waals surface area contributed by atoms with Gasteiger partial charge in [-0.05, 0) is 42.2 Å². The number of halogens is 3. The molecule has 2 aromatic rings. The molecule has 0 radical (unpaired) electrons. The number of piperazine rings is 1. The van der Waals surface area contributed by atoms with Crippen LogP contribution in [0.3, 0.4) is 0 Å². The molecule has 1 saturated heterocycles. The summed E-state index contributed by atoms with van der Waals surface area (Å²) in [6, 6.07) is 10.7. The van der Waals surface area contributed by atoms with E-state index in [4.69, 9.17) is 5.14 Å². The average molecular weight is 653 g/mol. The molecule has 1 heterocycles. The minimum absolute atomic E-state index is 0.289. The first-order valence-corrected chi connectivity index (χ1v) is 17.0. The first-order valence-electron chi connectivity index (χ1n) is 12.9. The second-order valence-electron chi connectivity index (χ2n) is 11.1. The van der Waals surface area contributed by atoms with Gasteiger partial charge in [0, 0.05) is 42.9 Å². The molecule has 234 valence electrons. The fraction of sp³-hybridized carbons (Fsp3) is 0.500. The molecule has 1 aliphatic rings. The second kappa shape index (κ2) is 13.0. The van der Waals surface area contributed by atoms with Gasteiger partial charge in [-0.1, -0.05) is 39.0 Å². The van der Waals surface area contributed by atoms with Crippen LogP contribution in [-0.2, 0) is 19.9 Å². The number of thioether (sulfide) groups is 1. The Labute approximate surface area is 248 Å². The molecule has 10 nitrogen and oxygen atoms in total. The maximum Gasteiger partial charge on any atom is 0.501 e. The third kappa shape index (κ3) is 8.52. The number of hydrogen-bond acceptors (Lipinski definition) is 8. The van der Waals surface area contributed by atoms with Crippen LogP contribution in [0.5, 0.6) is 0 Å². The van der Waals surface area contributed by atoms with Crippen molar-refractivity contribution in [2.45, 2.75) is 59.5 Å². The van der Waals surface area contributed by atoms with Gasteiger partial charge in [-0.15, -0.1) is 11.8 Å². The third-order valence-electron chi connectivity index (χ3n) is 6.93. The van der Waals surface area contributed by atoms with Gasteiger partial charge in [0.1, 0.15) is 4.90 Å². The normalized spacial score (nSPS) is 18.1. The second-order valence-corrected chi connectivity index (χ2v) is 15.6. The Hall–Kier alpha value is -2.53. The number of amides is 1. The Bertz CT molecular complexity index is 1470. The van der Waals surface area contributed by atoms with Crippen LogP contribution in [-0.4, -0.2) is 87.4 Å². The highest BCUT2D eigenvalue weighted by Gasteiger charge is 2.48. The number of nitrogens with two attached hydrogens (primary N) is 1. The van der Waals surface area contributed by atoms with E-state index in [1.807, 2.05) is 51.1 Å². The smallest absolute Gasteiger partial charge is 0.465 e. The molecule has 0 saturated carbocycles. The van der Waals surface area contributed by atoms with E-state index in [9.17, 15) is 39.9 Å². The molecular formula is C26H35F3N4O6S3. The third-order valence-corrected chi connectivity index (χ3v) is 10.5. The van der Waals surface area contributed by atoms with Gasteiger partial charge in [0.2, 0.25) is 10.0 Å². The van der Waals surface area contributed by atoms with Crippen molar-refractivity contribution < 1.29 is 39.9 Å². The van der Waals surface area contributed by atoms with Crippen LogP contribution in [0.1, 0.15) is 27.2 Å². The number of alkyl halides is 3. The van der Waals surface area contributed by atoms with Crippen LogP contribution in [0.25, 0.3) is 0 Å². The summed E-state index contributed by atoms with van der Waals surface area (Å²) in [6.07, 6.45) is -0.638. The Morgan fingerprint density at radius 3 is 2.29 bits per heavy atom. The number of sulfone groups is 1. The maximum atomic E-state index is 13.6. The van der Waals surface area contributed by atoms with Crippen molar-refractivity contribution in [2.24, 2.45) is 10.6 Å². The van der Waals surface area contributed by atoms with Crippen molar-refractivity contribution in [1.82, 2.24) is 9.80 Å². The Balaban J connectivity index is 1.91. The highest BCUT2D eigenvalue weighted by molar-refractivity contribution is 7.99. The Morgan fingerprint density at radius 1 is 1.10 bits per heavy atom. The van der Waals surface area contributed by atoms with E-state index in [0.717, 1.165) is 17.0 Å². The molecule has 1 fully saturated rings. The molecule has 0 aromatic heterocycles. The van der Waals surface area contributed by atoms with Gasteiger partial charge in [0.15, 0.2) is 0 Å². The number of rotatable bonds is 10. The molecule has 2 aromatic carbocycles. The standard InChI is InChI=1S/C26H35F3N4O6S3/c1-25(2,3)23-16-32(13-14-33(23)24(34)35)12-11-18(17-40-19-7-5-4-6-8-19)31-21-10-9-20(42(30,38)39)15-22(21)41(36,37)26(27,28)29/h4-10,15,18,23,31H,11-14,16-17H2,1-3H3,(H,34,35)(H2,30,38,39). The fourth-order valence-electron chi connectivity index (χ4n) is 4.63. The molecule has 1 amide bonds. The first-order chi connectivity index (χ1) is 19.3. The van der Waals surface area contributed by atoms with E-state index in [-0.39, 0.29) is 18.0 Å². The highest BCUT2D eigenvalue weighted by Crippen LogP contribution is 2.36. The van der Waals surface area contributed by atoms with E-state index in [1.165, 1.54) is 16.7 Å². The van der Waals surface area contributed by atoms with Crippen molar-refractivity contribution in [2.75, 3.05) is 37.2 Å². The van der Waals surface area contributed by atoms with Crippen molar-refractivity contribution in [1.29, 1.82) is 0 Å². The minimum Gasteiger partial charge on any atom is -0.465 e. The number of sulfonamides is 1. The lowest BCUT2D eigenvalue weighted by Gasteiger charge is -2.46. The number of nitrogens with zero attached hydrogens (tertiary/aromatic N) is 2. The van der Waals surface area contributed by atoms with E-state index < -0.39 is 53.0 Å². The number of primary sulfonamides is 1. The summed E-state index contributed by atoms with van der Waals surface area (Å²) < 4.78 is 89.4. The summed E-state index contributed by atoms with van der Waals surface area (Å²) in [5, 5.41) is 17.6. The van der Waals surface area contributed by atoms with Gasteiger partial charge in [-0.2, -0.15) is 13.2 Å². The van der Waals surface area contributed by atoms with Crippen molar-refractivity contribution in [3.63, 3.8) is 0 Å². The van der Waals surface area contributed by atoms with Gasteiger partial charge < -0.3 is 15.3 Å². The van der Waals surface area contributed by atoms with E-state index in [0.29, 0.717) is 37.9 Å². The van der Waals surface area contributed by atoms with Crippen LogP contribution in [0, 0.1) is 5.41 Å². The van der Waals surface area contributed by atoms with Crippen LogP contribution in [0.4, 0.5) is 23.7 Å². The summed E-state index contributed by atoms with van der Waals surface area (Å²) in [6.45, 7) is 7.49. The highest BCUT2D eigenvalue weighted by atomic mass is 32.2. The molecule has 42 heavy (non-hydrogen) atoms. The predicted molar refractivity (Wildman–Crippen MR) is 155 cm³/mol. The predicted octanol–water partition coefficient (Wildman–Crippen LogP) is 4.30. The van der Waals surface area contributed by atoms with Gasteiger partial charge >= 0.3 is 11.6 Å². The number of nitrogens with one attached hydrogen (secondary N) is 1. The van der Waals surface area contributed by atoms with Crippen molar-refractivity contribution in [3.8, 4) is 0 Å². The summed E-state index contributed by atoms with van der Waals surface area (Å²) in [5.41, 5.74) is -6.42. The number of carbonyl (C=O) groups is 1. The summed E-state index contributed by atoms with van der Waals surface area (Å²) in [5.74, 6) is 0.338. The van der Waals surface area contributed by atoms with Gasteiger partial charge in [0.05, 0.1) is 16.6 Å². The molecule has 1 aliphatic heterocycles. The van der Waals surface area contributed by atoms with E-state index in [1.54, 1.807) is 0 Å². The number of benzene rings is 2. The lowest BCUT2D eigenvalue weighted by Crippen LogP contribution is -2.59. The minimum atomic E-state index is -5.94. The summed E-state index contributed by atoms with van der Waals surface area (Å²) in [7, 11) is -10.4. The van der Waals surface area contributed by atoms with Crippen LogP contribution in [0.15, 0.2) is 63.2 Å².